The minimum absolute atomic E-state index is 0.0480. The number of halogens is 1. The second-order valence-corrected chi connectivity index (χ2v) is 8.98. The van der Waals surface area contributed by atoms with Crippen molar-refractivity contribution in [2.45, 2.75) is 58.1 Å². The predicted molar refractivity (Wildman–Crippen MR) is 124 cm³/mol. The molecule has 1 N–H and O–H groups in total. The van der Waals surface area contributed by atoms with Crippen molar-refractivity contribution in [3.05, 3.63) is 76.1 Å². The number of ketones is 1. The van der Waals surface area contributed by atoms with Crippen LogP contribution in [0.4, 0.5) is 4.39 Å². The molecule has 0 bridgehead atoms. The largest absolute Gasteiger partial charge is 0.507 e. The van der Waals surface area contributed by atoms with Crippen molar-refractivity contribution < 1.29 is 23.8 Å². The maximum absolute atomic E-state index is 14.8. The summed E-state index contributed by atoms with van der Waals surface area (Å²) in [5.41, 5.74) is 3.01. The predicted octanol–water partition coefficient (Wildman–Crippen LogP) is 4.94. The Kier molecular flexibility index (Phi) is 6.94. The van der Waals surface area contributed by atoms with Crippen LogP contribution in [0.3, 0.4) is 0 Å². The minimum atomic E-state index is -0.985. The highest BCUT2D eigenvalue weighted by Gasteiger charge is 2.46. The van der Waals surface area contributed by atoms with Gasteiger partial charge < -0.3 is 14.7 Å². The zero-order valence-corrected chi connectivity index (χ0v) is 19.1. The first-order chi connectivity index (χ1) is 15.9. The second kappa shape index (κ2) is 9.87. The van der Waals surface area contributed by atoms with E-state index in [1.807, 2.05) is 26.0 Å². The normalized spacial score (nSPS) is 19.9. The zero-order chi connectivity index (χ0) is 23.5. The fourth-order valence-electron chi connectivity index (χ4n) is 4.72. The highest BCUT2D eigenvalue weighted by molar-refractivity contribution is 6.46. The number of Topliss-reactive ketones (excluding diaryl/α,β-unsaturated/α-hetero) is 1. The Balaban J connectivity index is 1.75. The summed E-state index contributed by atoms with van der Waals surface area (Å²) < 4.78 is 20.4. The lowest BCUT2D eigenvalue weighted by Crippen LogP contribution is -2.31. The summed E-state index contributed by atoms with van der Waals surface area (Å²) in [6.07, 6.45) is 4.67. The number of aryl methyl sites for hydroxylation is 2. The maximum atomic E-state index is 14.8. The monoisotopic (exact) mass is 451 g/mol. The van der Waals surface area contributed by atoms with Crippen molar-refractivity contribution >= 4 is 17.4 Å². The standard InChI is InChI=1S/C27H30FNO4/c1-17(2)33-15-7-14-29-24(21-10-5-6-11-22(21)28)23(26(31)27(29)32)25(30)20-13-12-18-8-3-4-9-19(18)16-20/h5-6,10-13,16-17,24,30H,3-4,7-9,14-15H2,1-2H3/b25-23+. The average molecular weight is 452 g/mol. The third kappa shape index (κ3) is 4.71. The number of hydrogen-bond donors (Lipinski definition) is 1. The Morgan fingerprint density at radius 3 is 2.58 bits per heavy atom. The number of ether oxygens (including phenoxy) is 1. The van der Waals surface area contributed by atoms with E-state index in [4.69, 9.17) is 4.74 Å². The van der Waals surface area contributed by atoms with Crippen LogP contribution in [-0.4, -0.2) is 41.0 Å². The molecule has 4 rings (SSSR count). The number of carbonyl (C=O) groups is 2. The lowest BCUT2D eigenvalue weighted by Gasteiger charge is -2.26. The van der Waals surface area contributed by atoms with Crippen LogP contribution in [0, 0.1) is 5.82 Å². The number of hydrogen-bond acceptors (Lipinski definition) is 4. The van der Waals surface area contributed by atoms with Gasteiger partial charge in [-0.1, -0.05) is 30.3 Å². The van der Waals surface area contributed by atoms with Gasteiger partial charge in [-0.15, -0.1) is 0 Å². The smallest absolute Gasteiger partial charge is 0.295 e. The second-order valence-electron chi connectivity index (χ2n) is 8.98. The van der Waals surface area contributed by atoms with Gasteiger partial charge in [-0.05, 0) is 69.2 Å². The molecule has 1 atom stereocenters. The third-order valence-electron chi connectivity index (χ3n) is 6.36. The van der Waals surface area contributed by atoms with Gasteiger partial charge in [0.1, 0.15) is 11.6 Å². The molecule has 0 aromatic heterocycles. The SMILES string of the molecule is CC(C)OCCCN1C(=O)C(=O)/C(=C(/O)c2ccc3c(c2)CCCC3)C1c1ccccc1F. The zero-order valence-electron chi connectivity index (χ0n) is 19.1. The van der Waals surface area contributed by atoms with Gasteiger partial charge in [0.25, 0.3) is 11.7 Å². The average Bonchev–Trinajstić information content (AvgIpc) is 3.06. The number of aliphatic hydroxyl groups excluding tert-OH is 1. The molecule has 0 spiro atoms. The van der Waals surface area contributed by atoms with Crippen molar-refractivity contribution in [1.82, 2.24) is 4.90 Å². The summed E-state index contributed by atoms with van der Waals surface area (Å²) in [5.74, 6) is -2.30. The van der Waals surface area contributed by atoms with Crippen LogP contribution in [0.25, 0.3) is 5.76 Å². The van der Waals surface area contributed by atoms with E-state index >= 15 is 0 Å². The topological polar surface area (TPSA) is 66.8 Å². The molecule has 0 radical (unpaired) electrons. The van der Waals surface area contributed by atoms with Crippen molar-refractivity contribution in [2.75, 3.05) is 13.2 Å². The summed E-state index contributed by atoms with van der Waals surface area (Å²) in [6.45, 7) is 4.47. The van der Waals surface area contributed by atoms with E-state index in [-0.39, 0.29) is 29.5 Å². The molecular weight excluding hydrogens is 421 g/mol. The maximum Gasteiger partial charge on any atom is 0.295 e. The van der Waals surface area contributed by atoms with Crippen LogP contribution >= 0.6 is 0 Å². The summed E-state index contributed by atoms with van der Waals surface area (Å²) in [7, 11) is 0. The number of likely N-dealkylation sites (tertiary alicyclic amines) is 1. The highest BCUT2D eigenvalue weighted by Crippen LogP contribution is 2.40. The lowest BCUT2D eigenvalue weighted by molar-refractivity contribution is -0.140. The summed E-state index contributed by atoms with van der Waals surface area (Å²) in [5, 5.41) is 11.2. The van der Waals surface area contributed by atoms with Crippen LogP contribution in [0.1, 0.15) is 61.4 Å². The molecule has 1 amide bonds. The molecule has 5 nitrogen and oxygen atoms in total. The molecule has 2 aliphatic rings. The summed E-state index contributed by atoms with van der Waals surface area (Å²) >= 11 is 0. The molecule has 0 saturated carbocycles. The molecule has 1 unspecified atom stereocenters. The molecule has 1 aliphatic carbocycles. The van der Waals surface area contributed by atoms with Crippen molar-refractivity contribution in [2.24, 2.45) is 0 Å². The van der Waals surface area contributed by atoms with Gasteiger partial charge in [0.15, 0.2) is 0 Å². The fraction of sp³-hybridized carbons (Fsp3) is 0.407. The van der Waals surface area contributed by atoms with Gasteiger partial charge in [0.05, 0.1) is 17.7 Å². The molecule has 1 saturated heterocycles. The Hall–Kier alpha value is -2.99. The third-order valence-corrected chi connectivity index (χ3v) is 6.36. The summed E-state index contributed by atoms with van der Waals surface area (Å²) in [6, 6.07) is 10.8. The number of aliphatic hydroxyl groups is 1. The first-order valence-electron chi connectivity index (χ1n) is 11.6. The number of nitrogens with zero attached hydrogens (tertiary/aromatic N) is 1. The lowest BCUT2D eigenvalue weighted by atomic mass is 9.88. The quantitative estimate of drug-likeness (QED) is 0.280. The van der Waals surface area contributed by atoms with Gasteiger partial charge in [-0.25, -0.2) is 4.39 Å². The van der Waals surface area contributed by atoms with E-state index in [9.17, 15) is 19.1 Å². The van der Waals surface area contributed by atoms with Gasteiger partial charge in [0, 0.05) is 24.3 Å². The molecule has 33 heavy (non-hydrogen) atoms. The van der Waals surface area contributed by atoms with Crippen LogP contribution in [-0.2, 0) is 27.2 Å². The Bertz CT molecular complexity index is 1090. The summed E-state index contributed by atoms with van der Waals surface area (Å²) in [4.78, 5) is 27.4. The first kappa shape index (κ1) is 23.2. The number of benzene rings is 2. The minimum Gasteiger partial charge on any atom is -0.507 e. The molecule has 1 aliphatic heterocycles. The highest BCUT2D eigenvalue weighted by atomic mass is 19.1. The fourth-order valence-corrected chi connectivity index (χ4v) is 4.72. The van der Waals surface area contributed by atoms with Gasteiger partial charge in [-0.2, -0.15) is 0 Å². The molecule has 1 heterocycles. The van der Waals surface area contributed by atoms with Crippen LogP contribution in [0.5, 0.6) is 0 Å². The van der Waals surface area contributed by atoms with Gasteiger partial charge in [-0.3, -0.25) is 9.59 Å². The molecule has 1 fully saturated rings. The van der Waals surface area contributed by atoms with Crippen LogP contribution in [0.15, 0.2) is 48.0 Å². The van der Waals surface area contributed by atoms with E-state index < -0.39 is 23.5 Å². The van der Waals surface area contributed by atoms with E-state index in [0.717, 1.165) is 31.2 Å². The van der Waals surface area contributed by atoms with Crippen molar-refractivity contribution in [1.29, 1.82) is 0 Å². The van der Waals surface area contributed by atoms with E-state index in [1.165, 1.54) is 16.5 Å². The number of rotatable bonds is 7. The van der Waals surface area contributed by atoms with Crippen LogP contribution < -0.4 is 0 Å². The Morgan fingerprint density at radius 1 is 1.12 bits per heavy atom. The Labute approximate surface area is 193 Å². The molecular formula is C27H30FNO4. The van der Waals surface area contributed by atoms with Crippen molar-refractivity contribution in [3.63, 3.8) is 0 Å². The van der Waals surface area contributed by atoms with E-state index in [0.29, 0.717) is 18.6 Å². The van der Waals surface area contributed by atoms with Crippen LogP contribution in [0.2, 0.25) is 0 Å². The molecule has 6 heteroatoms. The Morgan fingerprint density at radius 2 is 1.85 bits per heavy atom. The first-order valence-corrected chi connectivity index (χ1v) is 11.6. The number of carbonyl (C=O) groups excluding carboxylic acids is 2. The van der Waals surface area contributed by atoms with E-state index in [1.54, 1.807) is 24.3 Å². The van der Waals surface area contributed by atoms with Gasteiger partial charge in [0.2, 0.25) is 0 Å². The number of amides is 1. The number of fused-ring (bicyclic) bond motifs is 1. The van der Waals surface area contributed by atoms with Gasteiger partial charge >= 0.3 is 0 Å². The molecule has 174 valence electrons. The molecule has 2 aromatic rings. The van der Waals surface area contributed by atoms with E-state index in [2.05, 4.69) is 0 Å². The molecule has 2 aromatic carbocycles. The van der Waals surface area contributed by atoms with Crippen molar-refractivity contribution in [3.8, 4) is 0 Å².